The average molecular weight is 299 g/mol. The van der Waals surface area contributed by atoms with E-state index in [-0.39, 0.29) is 6.04 Å². The largest absolute Gasteiger partial charge is 0.440 e. The fourth-order valence-electron chi connectivity index (χ4n) is 1.32. The Kier molecular flexibility index (Phi) is 3.68. The zero-order chi connectivity index (χ0) is 11.5. The van der Waals surface area contributed by atoms with Crippen LogP contribution in [0.2, 0.25) is 0 Å². The molecule has 0 bridgehead atoms. The second kappa shape index (κ2) is 5.03. The monoisotopic (exact) mass is 298 g/mol. The summed E-state index contributed by atoms with van der Waals surface area (Å²) < 4.78 is 6.23. The highest BCUT2D eigenvalue weighted by Gasteiger charge is 2.10. The number of benzene rings is 1. The van der Waals surface area contributed by atoms with Crippen LogP contribution in [-0.4, -0.2) is 4.98 Å². The first-order chi connectivity index (χ1) is 7.66. The Bertz CT molecular complexity index is 471. The molecule has 1 unspecified atom stereocenters. The van der Waals surface area contributed by atoms with Gasteiger partial charge in [0.1, 0.15) is 6.26 Å². The second-order valence-electron chi connectivity index (χ2n) is 3.37. The molecule has 2 rings (SSSR count). The molecule has 0 amide bonds. The van der Waals surface area contributed by atoms with Gasteiger partial charge in [0.2, 0.25) is 0 Å². The molecule has 3 nitrogen and oxygen atoms in total. The number of oxazole rings is 1. The van der Waals surface area contributed by atoms with Gasteiger partial charge < -0.3 is 10.2 Å². The molecule has 0 radical (unpaired) electrons. The van der Waals surface area contributed by atoms with Crippen LogP contribution in [-0.2, 0) is 0 Å². The highest BCUT2D eigenvalue weighted by Crippen LogP contribution is 2.33. The summed E-state index contributed by atoms with van der Waals surface area (Å²) >= 11 is 4.92. The van der Waals surface area contributed by atoms with Crippen molar-refractivity contribution < 1.29 is 4.42 Å². The minimum Gasteiger partial charge on any atom is -0.440 e. The van der Waals surface area contributed by atoms with Crippen molar-refractivity contribution in [2.45, 2.75) is 23.1 Å². The predicted molar refractivity (Wildman–Crippen MR) is 67.4 cm³/mol. The van der Waals surface area contributed by atoms with Gasteiger partial charge in [0, 0.05) is 15.4 Å². The fourth-order valence-corrected chi connectivity index (χ4v) is 2.61. The molecule has 0 aliphatic carbocycles. The molecule has 1 atom stereocenters. The lowest BCUT2D eigenvalue weighted by Crippen LogP contribution is -2.06. The number of nitrogens with zero attached hydrogens (tertiary/aromatic N) is 1. The van der Waals surface area contributed by atoms with Crippen LogP contribution < -0.4 is 5.73 Å². The zero-order valence-electron chi connectivity index (χ0n) is 8.68. The Morgan fingerprint density at radius 3 is 2.94 bits per heavy atom. The van der Waals surface area contributed by atoms with Crippen molar-refractivity contribution in [2.75, 3.05) is 0 Å². The van der Waals surface area contributed by atoms with Gasteiger partial charge in [-0.25, -0.2) is 4.98 Å². The molecule has 1 aromatic carbocycles. The number of aromatic nitrogens is 1. The van der Waals surface area contributed by atoms with Gasteiger partial charge in [-0.05, 0) is 42.4 Å². The van der Waals surface area contributed by atoms with Crippen LogP contribution in [0.25, 0.3) is 0 Å². The third-order valence-corrected chi connectivity index (χ3v) is 3.53. The van der Waals surface area contributed by atoms with Gasteiger partial charge in [0.15, 0.2) is 0 Å². The van der Waals surface area contributed by atoms with Crippen molar-refractivity contribution in [3.63, 3.8) is 0 Å². The molecule has 1 heterocycles. The molecule has 16 heavy (non-hydrogen) atoms. The topological polar surface area (TPSA) is 52.0 Å². The van der Waals surface area contributed by atoms with E-state index in [0.717, 1.165) is 14.9 Å². The Morgan fingerprint density at radius 2 is 2.31 bits per heavy atom. The first-order valence-electron chi connectivity index (χ1n) is 4.79. The molecule has 0 saturated carbocycles. The number of rotatable bonds is 3. The Labute approximate surface area is 107 Å². The van der Waals surface area contributed by atoms with Gasteiger partial charge in [-0.1, -0.05) is 15.9 Å². The maximum Gasteiger partial charge on any atom is 0.260 e. The highest BCUT2D eigenvalue weighted by molar-refractivity contribution is 9.10. The van der Waals surface area contributed by atoms with Crippen molar-refractivity contribution in [3.8, 4) is 0 Å². The second-order valence-corrected chi connectivity index (χ2v) is 5.28. The lowest BCUT2D eigenvalue weighted by molar-refractivity contribution is 0.454. The van der Waals surface area contributed by atoms with Gasteiger partial charge in [0.25, 0.3) is 5.22 Å². The van der Waals surface area contributed by atoms with Crippen molar-refractivity contribution in [2.24, 2.45) is 5.73 Å². The SMILES string of the molecule is CC(N)c1cc(Br)ccc1Sc1ncco1. The van der Waals surface area contributed by atoms with Crippen molar-refractivity contribution in [1.82, 2.24) is 4.98 Å². The van der Waals surface area contributed by atoms with Crippen LogP contribution in [0.5, 0.6) is 0 Å². The fraction of sp³-hybridized carbons (Fsp3) is 0.182. The van der Waals surface area contributed by atoms with E-state index < -0.39 is 0 Å². The Balaban J connectivity index is 2.33. The summed E-state index contributed by atoms with van der Waals surface area (Å²) in [5.41, 5.74) is 7.01. The summed E-state index contributed by atoms with van der Waals surface area (Å²) in [6.07, 6.45) is 3.19. The molecule has 84 valence electrons. The highest BCUT2D eigenvalue weighted by atomic mass is 79.9. The molecule has 0 fully saturated rings. The molecular formula is C11H11BrN2OS. The van der Waals surface area contributed by atoms with E-state index in [2.05, 4.69) is 20.9 Å². The lowest BCUT2D eigenvalue weighted by Gasteiger charge is -2.11. The third-order valence-electron chi connectivity index (χ3n) is 2.07. The van der Waals surface area contributed by atoms with Gasteiger partial charge in [-0.15, -0.1) is 0 Å². The van der Waals surface area contributed by atoms with Gasteiger partial charge >= 0.3 is 0 Å². The molecule has 5 heteroatoms. The number of hydrogen-bond acceptors (Lipinski definition) is 4. The molecule has 0 spiro atoms. The molecular weight excluding hydrogens is 288 g/mol. The summed E-state index contributed by atoms with van der Waals surface area (Å²) in [5, 5.41) is 0.629. The Morgan fingerprint density at radius 1 is 1.50 bits per heavy atom. The molecule has 2 N–H and O–H groups in total. The molecule has 2 aromatic rings. The Hall–Kier alpha value is -0.780. The van der Waals surface area contributed by atoms with Crippen LogP contribution in [0.15, 0.2) is 49.7 Å². The van der Waals surface area contributed by atoms with Crippen LogP contribution in [0.4, 0.5) is 0 Å². The van der Waals surface area contributed by atoms with Crippen molar-refractivity contribution in [3.05, 3.63) is 40.7 Å². The van der Waals surface area contributed by atoms with Crippen LogP contribution >= 0.6 is 27.7 Å². The van der Waals surface area contributed by atoms with Crippen LogP contribution in [0.1, 0.15) is 18.5 Å². The number of hydrogen-bond donors (Lipinski definition) is 1. The normalized spacial score (nSPS) is 12.7. The van der Waals surface area contributed by atoms with E-state index in [4.69, 9.17) is 10.2 Å². The summed E-state index contributed by atoms with van der Waals surface area (Å²) in [6, 6.07) is 6.00. The van der Waals surface area contributed by atoms with Gasteiger partial charge in [-0.3, -0.25) is 0 Å². The molecule has 0 aliphatic rings. The average Bonchev–Trinajstić information content (AvgIpc) is 2.73. The molecule has 0 aliphatic heterocycles. The van der Waals surface area contributed by atoms with Gasteiger partial charge in [-0.2, -0.15) is 0 Å². The summed E-state index contributed by atoms with van der Waals surface area (Å²) in [6.45, 7) is 1.96. The first kappa shape index (κ1) is 11.7. The third kappa shape index (κ3) is 2.66. The van der Waals surface area contributed by atoms with E-state index >= 15 is 0 Å². The van der Waals surface area contributed by atoms with Crippen LogP contribution in [0, 0.1) is 0 Å². The summed E-state index contributed by atoms with van der Waals surface area (Å²) in [7, 11) is 0. The van der Waals surface area contributed by atoms with E-state index in [1.807, 2.05) is 25.1 Å². The van der Waals surface area contributed by atoms with E-state index in [1.165, 1.54) is 11.8 Å². The standard InChI is InChI=1S/C11H11BrN2OS/c1-7(13)9-6-8(12)2-3-10(9)16-11-14-4-5-15-11/h2-7H,13H2,1H3. The number of nitrogens with two attached hydrogens (primary N) is 1. The molecule has 1 aromatic heterocycles. The minimum atomic E-state index is -0.0186. The van der Waals surface area contributed by atoms with E-state index in [9.17, 15) is 0 Å². The van der Waals surface area contributed by atoms with Crippen molar-refractivity contribution in [1.29, 1.82) is 0 Å². The predicted octanol–water partition coefficient (Wildman–Crippen LogP) is 3.61. The maximum atomic E-state index is 5.93. The maximum absolute atomic E-state index is 5.93. The summed E-state index contributed by atoms with van der Waals surface area (Å²) in [4.78, 5) is 5.15. The van der Waals surface area contributed by atoms with Crippen LogP contribution in [0.3, 0.4) is 0 Å². The lowest BCUT2D eigenvalue weighted by atomic mass is 10.1. The smallest absolute Gasteiger partial charge is 0.260 e. The zero-order valence-corrected chi connectivity index (χ0v) is 11.1. The summed E-state index contributed by atoms with van der Waals surface area (Å²) in [5.74, 6) is 0. The molecule has 0 saturated heterocycles. The quantitative estimate of drug-likeness (QED) is 0.940. The van der Waals surface area contributed by atoms with Crippen molar-refractivity contribution >= 4 is 27.7 Å². The number of halogens is 1. The van der Waals surface area contributed by atoms with E-state index in [1.54, 1.807) is 12.5 Å². The van der Waals surface area contributed by atoms with E-state index in [0.29, 0.717) is 5.22 Å². The van der Waals surface area contributed by atoms with Gasteiger partial charge in [0.05, 0.1) is 6.20 Å². The minimum absolute atomic E-state index is 0.0186. The first-order valence-corrected chi connectivity index (χ1v) is 6.40.